The van der Waals surface area contributed by atoms with E-state index in [0.717, 1.165) is 38.8 Å². The number of benzene rings is 4. The first kappa shape index (κ1) is 18.0. The van der Waals surface area contributed by atoms with E-state index in [1.807, 2.05) is 36.4 Å². The van der Waals surface area contributed by atoms with Crippen molar-refractivity contribution in [3.05, 3.63) is 109 Å². The van der Waals surface area contributed by atoms with Gasteiger partial charge in [0.05, 0.1) is 22.1 Å². The molecule has 33 heavy (non-hydrogen) atoms. The van der Waals surface area contributed by atoms with Gasteiger partial charge in [0.25, 0.3) is 0 Å². The first-order valence-electron chi connectivity index (χ1n) is 11.0. The van der Waals surface area contributed by atoms with Crippen molar-refractivity contribution in [2.24, 2.45) is 0 Å². The quantitative estimate of drug-likeness (QED) is 0.325. The minimum atomic E-state index is 0.238. The van der Waals surface area contributed by atoms with Crippen LogP contribution in [-0.2, 0) is 0 Å². The van der Waals surface area contributed by atoms with E-state index >= 15 is 0 Å². The fourth-order valence-corrected chi connectivity index (χ4v) is 5.12. The standard InChI is InChI=1S/C29H19N3O/c33-20-13-14-23-26(18-20)32(27-12-6-7-17-30-27)25-16-15-22-21-10-4-5-11-24(21)31(29(22)28(23)25)19-8-2-1-3-9-19/h1-18,33H. The van der Waals surface area contributed by atoms with E-state index in [-0.39, 0.29) is 5.75 Å². The molecular weight excluding hydrogens is 406 g/mol. The summed E-state index contributed by atoms with van der Waals surface area (Å²) in [4.78, 5) is 4.63. The summed E-state index contributed by atoms with van der Waals surface area (Å²) >= 11 is 0. The maximum atomic E-state index is 10.3. The van der Waals surface area contributed by atoms with Crippen LogP contribution in [0.15, 0.2) is 109 Å². The molecule has 0 saturated carbocycles. The zero-order chi connectivity index (χ0) is 21.9. The molecule has 4 nitrogen and oxygen atoms in total. The fourth-order valence-electron chi connectivity index (χ4n) is 5.12. The van der Waals surface area contributed by atoms with Gasteiger partial charge >= 0.3 is 0 Å². The van der Waals surface area contributed by atoms with Gasteiger partial charge in [-0.1, -0.05) is 48.5 Å². The van der Waals surface area contributed by atoms with Crippen molar-refractivity contribution in [3.63, 3.8) is 0 Å². The third-order valence-electron chi connectivity index (χ3n) is 6.44. The Morgan fingerprint density at radius 2 is 1.36 bits per heavy atom. The molecule has 0 amide bonds. The van der Waals surface area contributed by atoms with E-state index < -0.39 is 0 Å². The van der Waals surface area contributed by atoms with Gasteiger partial charge in [0, 0.05) is 39.5 Å². The van der Waals surface area contributed by atoms with E-state index in [9.17, 15) is 5.11 Å². The molecule has 3 aromatic heterocycles. The summed E-state index contributed by atoms with van der Waals surface area (Å²) in [7, 11) is 0. The Balaban J connectivity index is 1.78. The highest BCUT2D eigenvalue weighted by Gasteiger charge is 2.21. The summed E-state index contributed by atoms with van der Waals surface area (Å²) in [5, 5.41) is 15.0. The number of rotatable bonds is 2. The highest BCUT2D eigenvalue weighted by Crippen LogP contribution is 2.42. The molecule has 156 valence electrons. The molecule has 0 unspecified atom stereocenters. The van der Waals surface area contributed by atoms with Gasteiger partial charge in [-0.3, -0.25) is 4.57 Å². The number of para-hydroxylation sites is 2. The topological polar surface area (TPSA) is 43.0 Å². The van der Waals surface area contributed by atoms with Crippen LogP contribution in [0.5, 0.6) is 5.75 Å². The van der Waals surface area contributed by atoms with Gasteiger partial charge in [0.2, 0.25) is 0 Å². The van der Waals surface area contributed by atoms with Gasteiger partial charge in [0.15, 0.2) is 0 Å². The number of fused-ring (bicyclic) bond motifs is 7. The van der Waals surface area contributed by atoms with E-state index in [0.29, 0.717) is 0 Å². The zero-order valence-corrected chi connectivity index (χ0v) is 17.7. The largest absolute Gasteiger partial charge is 0.508 e. The summed E-state index contributed by atoms with van der Waals surface area (Å²) in [5.74, 6) is 1.06. The first-order chi connectivity index (χ1) is 16.3. The van der Waals surface area contributed by atoms with Crippen LogP contribution in [0.1, 0.15) is 0 Å². The molecule has 0 aliphatic heterocycles. The minimum Gasteiger partial charge on any atom is -0.508 e. The number of phenolic OH excluding ortho intramolecular Hbond substituents is 1. The van der Waals surface area contributed by atoms with Gasteiger partial charge in [-0.05, 0) is 48.5 Å². The van der Waals surface area contributed by atoms with Gasteiger partial charge in [0.1, 0.15) is 11.6 Å². The van der Waals surface area contributed by atoms with Gasteiger partial charge in [-0.25, -0.2) is 4.98 Å². The third-order valence-corrected chi connectivity index (χ3v) is 6.44. The number of aromatic hydroxyl groups is 1. The Hall–Kier alpha value is -4.57. The second-order valence-corrected chi connectivity index (χ2v) is 8.27. The minimum absolute atomic E-state index is 0.238. The zero-order valence-electron chi connectivity index (χ0n) is 17.7. The monoisotopic (exact) mass is 425 g/mol. The van der Waals surface area contributed by atoms with Crippen molar-refractivity contribution < 1.29 is 5.11 Å². The van der Waals surface area contributed by atoms with Crippen LogP contribution in [0.3, 0.4) is 0 Å². The van der Waals surface area contributed by atoms with Crippen molar-refractivity contribution >= 4 is 43.6 Å². The number of nitrogens with zero attached hydrogens (tertiary/aromatic N) is 3. The number of hydrogen-bond acceptors (Lipinski definition) is 2. The lowest BCUT2D eigenvalue weighted by molar-refractivity contribution is 0.476. The molecule has 0 bridgehead atoms. The highest BCUT2D eigenvalue weighted by molar-refractivity contribution is 6.26. The number of aromatic nitrogens is 3. The second-order valence-electron chi connectivity index (χ2n) is 8.27. The normalized spacial score (nSPS) is 11.8. The molecule has 3 heterocycles. The molecule has 7 rings (SSSR count). The van der Waals surface area contributed by atoms with Crippen LogP contribution in [0.4, 0.5) is 0 Å². The first-order valence-corrected chi connectivity index (χ1v) is 11.0. The average molecular weight is 425 g/mol. The lowest BCUT2D eigenvalue weighted by Gasteiger charge is -2.09. The molecule has 1 N–H and O–H groups in total. The third kappa shape index (κ3) is 2.49. The Morgan fingerprint density at radius 3 is 2.21 bits per heavy atom. The van der Waals surface area contributed by atoms with Crippen molar-refractivity contribution in [2.45, 2.75) is 0 Å². The summed E-state index contributed by atoms with van der Waals surface area (Å²) in [6.45, 7) is 0. The molecule has 0 radical (unpaired) electrons. The van der Waals surface area contributed by atoms with Gasteiger partial charge < -0.3 is 9.67 Å². The Kier molecular flexibility index (Phi) is 3.67. The molecule has 4 aromatic carbocycles. The number of pyridine rings is 1. The summed E-state index contributed by atoms with van der Waals surface area (Å²) in [6, 6.07) is 34.9. The van der Waals surface area contributed by atoms with Crippen LogP contribution in [0.2, 0.25) is 0 Å². The molecule has 7 aromatic rings. The van der Waals surface area contributed by atoms with E-state index in [2.05, 4.69) is 74.8 Å². The van der Waals surface area contributed by atoms with Crippen LogP contribution >= 0.6 is 0 Å². The predicted octanol–water partition coefficient (Wildman–Crippen LogP) is 6.98. The SMILES string of the molecule is Oc1ccc2c3c(ccc4c5ccccc5n(-c5ccccc5)c43)n(-c3ccccn3)c2c1. The lowest BCUT2D eigenvalue weighted by atomic mass is 10.1. The number of phenols is 1. The maximum absolute atomic E-state index is 10.3. The van der Waals surface area contributed by atoms with Crippen LogP contribution in [0.25, 0.3) is 55.1 Å². The maximum Gasteiger partial charge on any atom is 0.137 e. The molecule has 0 spiro atoms. The predicted molar refractivity (Wildman–Crippen MR) is 135 cm³/mol. The van der Waals surface area contributed by atoms with Crippen molar-refractivity contribution in [1.29, 1.82) is 0 Å². The highest BCUT2D eigenvalue weighted by atomic mass is 16.3. The fraction of sp³-hybridized carbons (Fsp3) is 0. The molecule has 0 fully saturated rings. The van der Waals surface area contributed by atoms with Gasteiger partial charge in [-0.2, -0.15) is 0 Å². The summed E-state index contributed by atoms with van der Waals surface area (Å²) in [5.41, 5.74) is 5.44. The smallest absolute Gasteiger partial charge is 0.137 e. The lowest BCUT2D eigenvalue weighted by Crippen LogP contribution is -1.96. The average Bonchev–Trinajstić information content (AvgIpc) is 3.37. The second kappa shape index (κ2) is 6.71. The molecule has 0 aliphatic carbocycles. The Bertz CT molecular complexity index is 1810. The Labute approximate surface area is 189 Å². The van der Waals surface area contributed by atoms with E-state index in [1.54, 1.807) is 12.3 Å². The molecule has 0 saturated heterocycles. The number of hydrogen-bond donors (Lipinski definition) is 1. The Morgan fingerprint density at radius 1 is 0.576 bits per heavy atom. The molecule has 4 heteroatoms. The van der Waals surface area contributed by atoms with Crippen LogP contribution < -0.4 is 0 Å². The molecule has 0 atom stereocenters. The van der Waals surface area contributed by atoms with E-state index in [1.165, 1.54) is 16.3 Å². The molecule has 0 aliphatic rings. The summed E-state index contributed by atoms with van der Waals surface area (Å²) < 4.78 is 4.49. The van der Waals surface area contributed by atoms with Crippen molar-refractivity contribution in [2.75, 3.05) is 0 Å². The van der Waals surface area contributed by atoms with Crippen LogP contribution in [-0.4, -0.2) is 19.2 Å². The molecular formula is C29H19N3O. The van der Waals surface area contributed by atoms with Crippen molar-refractivity contribution in [3.8, 4) is 17.3 Å². The van der Waals surface area contributed by atoms with Crippen molar-refractivity contribution in [1.82, 2.24) is 14.1 Å². The summed E-state index contributed by atoms with van der Waals surface area (Å²) in [6.07, 6.45) is 1.80. The van der Waals surface area contributed by atoms with Crippen LogP contribution in [0, 0.1) is 0 Å². The van der Waals surface area contributed by atoms with E-state index in [4.69, 9.17) is 0 Å². The van der Waals surface area contributed by atoms with Gasteiger partial charge in [-0.15, -0.1) is 0 Å².